The van der Waals surface area contributed by atoms with Crippen LogP contribution < -0.4 is 4.90 Å². The van der Waals surface area contributed by atoms with E-state index >= 15 is 0 Å². The zero-order valence-corrected chi connectivity index (χ0v) is 12.4. The van der Waals surface area contributed by atoms with Gasteiger partial charge in [0.15, 0.2) is 0 Å². The first kappa shape index (κ1) is 16.0. The van der Waals surface area contributed by atoms with Crippen LogP contribution in [0.2, 0.25) is 0 Å². The van der Waals surface area contributed by atoms with E-state index in [1.165, 1.54) is 0 Å². The molecule has 1 rings (SSSR count). The van der Waals surface area contributed by atoms with Crippen molar-refractivity contribution >= 4 is 11.8 Å². The molecule has 0 aliphatic heterocycles. The van der Waals surface area contributed by atoms with E-state index in [0.29, 0.717) is 18.8 Å². The molecule has 0 saturated heterocycles. The summed E-state index contributed by atoms with van der Waals surface area (Å²) in [5, 5.41) is 18.0. The van der Waals surface area contributed by atoms with Crippen molar-refractivity contribution in [2.75, 3.05) is 11.4 Å². The Hall–Kier alpha value is -2.09. The van der Waals surface area contributed by atoms with E-state index in [1.807, 2.05) is 32.6 Å². The lowest BCUT2D eigenvalue weighted by Crippen LogP contribution is -2.32. The number of aromatic carboxylic acids is 1. The van der Waals surface area contributed by atoms with Gasteiger partial charge in [-0.25, -0.2) is 9.78 Å². The monoisotopic (exact) mass is 275 g/mol. The Morgan fingerprint density at radius 3 is 2.50 bits per heavy atom. The summed E-state index contributed by atoms with van der Waals surface area (Å²) in [5.41, 5.74) is 0.990. The lowest BCUT2D eigenvalue weighted by atomic mass is 10.1. The fourth-order valence-electron chi connectivity index (χ4n) is 1.91. The molecule has 1 aromatic heterocycles. The van der Waals surface area contributed by atoms with Gasteiger partial charge in [-0.15, -0.1) is 0 Å². The van der Waals surface area contributed by atoms with Crippen molar-refractivity contribution in [3.05, 3.63) is 23.4 Å². The number of hydrogen-bond acceptors (Lipinski definition) is 4. The van der Waals surface area contributed by atoms with Crippen molar-refractivity contribution in [3.63, 3.8) is 0 Å². The normalized spacial score (nSPS) is 10.7. The highest BCUT2D eigenvalue weighted by atomic mass is 16.4. The van der Waals surface area contributed by atoms with Crippen LogP contribution in [0.1, 0.15) is 56.1 Å². The molecule has 1 aromatic rings. The zero-order chi connectivity index (χ0) is 15.3. The second-order valence-corrected chi connectivity index (χ2v) is 5.29. The molecule has 1 heterocycles. The molecule has 20 heavy (non-hydrogen) atoms. The summed E-state index contributed by atoms with van der Waals surface area (Å²) in [4.78, 5) is 17.7. The first-order chi connectivity index (χ1) is 9.36. The minimum absolute atomic E-state index is 0.151. The smallest absolute Gasteiger partial charge is 0.335 e. The summed E-state index contributed by atoms with van der Waals surface area (Å²) in [6.07, 6.45) is 0.383. The number of nitriles is 1. The Bertz CT molecular complexity index is 518. The van der Waals surface area contributed by atoms with Crippen molar-refractivity contribution in [3.8, 4) is 6.07 Å². The van der Waals surface area contributed by atoms with E-state index in [4.69, 9.17) is 5.26 Å². The first-order valence-corrected chi connectivity index (χ1v) is 6.75. The SMILES string of the molecule is CC(C)c1cc(C(=O)O)cc(N(CCC#N)C(C)C)n1. The van der Waals surface area contributed by atoms with Gasteiger partial charge < -0.3 is 10.0 Å². The van der Waals surface area contributed by atoms with Crippen LogP contribution in [0.5, 0.6) is 0 Å². The molecule has 0 spiro atoms. The molecule has 108 valence electrons. The molecule has 0 aliphatic carbocycles. The second kappa shape index (κ2) is 6.90. The van der Waals surface area contributed by atoms with Gasteiger partial charge in [0.05, 0.1) is 18.1 Å². The first-order valence-electron chi connectivity index (χ1n) is 6.75. The van der Waals surface area contributed by atoms with Crippen LogP contribution in [0.25, 0.3) is 0 Å². The molecule has 5 nitrogen and oxygen atoms in total. The van der Waals surface area contributed by atoms with Crippen molar-refractivity contribution in [1.82, 2.24) is 4.98 Å². The van der Waals surface area contributed by atoms with Gasteiger partial charge in [-0.3, -0.25) is 0 Å². The quantitative estimate of drug-likeness (QED) is 0.863. The number of nitrogens with zero attached hydrogens (tertiary/aromatic N) is 3. The van der Waals surface area contributed by atoms with Gasteiger partial charge in [0.1, 0.15) is 5.82 Å². The number of aromatic nitrogens is 1. The van der Waals surface area contributed by atoms with E-state index in [0.717, 1.165) is 5.69 Å². The fourth-order valence-corrected chi connectivity index (χ4v) is 1.91. The molecule has 0 atom stereocenters. The van der Waals surface area contributed by atoms with Gasteiger partial charge in [0, 0.05) is 18.3 Å². The molecule has 0 fully saturated rings. The molecule has 0 radical (unpaired) electrons. The van der Waals surface area contributed by atoms with Crippen LogP contribution in [-0.4, -0.2) is 28.6 Å². The van der Waals surface area contributed by atoms with Crippen molar-refractivity contribution in [2.45, 2.75) is 46.1 Å². The number of pyridine rings is 1. The lowest BCUT2D eigenvalue weighted by Gasteiger charge is -2.28. The highest BCUT2D eigenvalue weighted by Crippen LogP contribution is 2.22. The van der Waals surface area contributed by atoms with Gasteiger partial charge in [-0.05, 0) is 31.9 Å². The van der Waals surface area contributed by atoms with Crippen molar-refractivity contribution in [2.24, 2.45) is 0 Å². The van der Waals surface area contributed by atoms with E-state index in [1.54, 1.807) is 12.1 Å². The molecule has 5 heteroatoms. The average Bonchev–Trinajstić information content (AvgIpc) is 2.38. The second-order valence-electron chi connectivity index (χ2n) is 5.29. The zero-order valence-electron chi connectivity index (χ0n) is 12.4. The van der Waals surface area contributed by atoms with Gasteiger partial charge in [0.25, 0.3) is 0 Å². The highest BCUT2D eigenvalue weighted by molar-refractivity contribution is 5.88. The van der Waals surface area contributed by atoms with Gasteiger partial charge in [-0.1, -0.05) is 13.8 Å². The van der Waals surface area contributed by atoms with Crippen molar-refractivity contribution in [1.29, 1.82) is 5.26 Å². The maximum Gasteiger partial charge on any atom is 0.335 e. The van der Waals surface area contributed by atoms with Crippen LogP contribution in [0, 0.1) is 11.3 Å². The Morgan fingerprint density at radius 2 is 2.05 bits per heavy atom. The van der Waals surface area contributed by atoms with E-state index in [2.05, 4.69) is 11.1 Å². The number of rotatable bonds is 6. The summed E-state index contributed by atoms with van der Waals surface area (Å²) in [6, 6.07) is 5.45. The van der Waals surface area contributed by atoms with Gasteiger partial charge >= 0.3 is 5.97 Å². The number of hydrogen-bond donors (Lipinski definition) is 1. The largest absolute Gasteiger partial charge is 0.478 e. The molecule has 0 saturated carbocycles. The van der Waals surface area contributed by atoms with Crippen molar-refractivity contribution < 1.29 is 9.90 Å². The molecule has 0 aromatic carbocycles. The third kappa shape index (κ3) is 3.95. The molecular weight excluding hydrogens is 254 g/mol. The van der Waals surface area contributed by atoms with E-state index in [-0.39, 0.29) is 17.5 Å². The predicted octanol–water partition coefficient (Wildman–Crippen LogP) is 3.03. The summed E-state index contributed by atoms with van der Waals surface area (Å²) >= 11 is 0. The number of carboxylic acids is 1. The number of carboxylic acid groups (broad SMARTS) is 1. The van der Waals surface area contributed by atoms with E-state index < -0.39 is 5.97 Å². The minimum atomic E-state index is -0.959. The third-order valence-corrected chi connectivity index (χ3v) is 3.05. The standard InChI is InChI=1S/C15H21N3O2/c1-10(2)13-8-12(15(19)20)9-14(17-13)18(11(3)4)7-5-6-16/h8-11H,5,7H2,1-4H3,(H,19,20). The Morgan fingerprint density at radius 1 is 1.40 bits per heavy atom. The minimum Gasteiger partial charge on any atom is -0.478 e. The maximum absolute atomic E-state index is 11.2. The van der Waals surface area contributed by atoms with Crippen LogP contribution in [-0.2, 0) is 0 Å². The average molecular weight is 275 g/mol. The number of carbonyl (C=O) groups is 1. The molecule has 0 amide bonds. The lowest BCUT2D eigenvalue weighted by molar-refractivity contribution is 0.0696. The Labute approximate surface area is 119 Å². The summed E-state index contributed by atoms with van der Waals surface area (Å²) in [6.45, 7) is 8.50. The molecule has 0 aliphatic rings. The summed E-state index contributed by atoms with van der Waals surface area (Å²) < 4.78 is 0. The van der Waals surface area contributed by atoms with Crippen LogP contribution in [0.4, 0.5) is 5.82 Å². The topological polar surface area (TPSA) is 77.2 Å². The highest BCUT2D eigenvalue weighted by Gasteiger charge is 2.17. The van der Waals surface area contributed by atoms with Gasteiger partial charge in [0.2, 0.25) is 0 Å². The predicted molar refractivity (Wildman–Crippen MR) is 78.0 cm³/mol. The summed E-state index contributed by atoms with van der Waals surface area (Å²) in [7, 11) is 0. The third-order valence-electron chi connectivity index (χ3n) is 3.05. The molecule has 0 unspecified atom stereocenters. The van der Waals surface area contributed by atoms with Crippen LogP contribution >= 0.6 is 0 Å². The number of anilines is 1. The van der Waals surface area contributed by atoms with E-state index in [9.17, 15) is 9.90 Å². The Kier molecular flexibility index (Phi) is 5.51. The summed E-state index contributed by atoms with van der Waals surface area (Å²) in [5.74, 6) is -0.184. The fraction of sp³-hybridized carbons (Fsp3) is 0.533. The molecular formula is C15H21N3O2. The Balaban J connectivity index is 3.26. The van der Waals surface area contributed by atoms with Crippen LogP contribution in [0.15, 0.2) is 12.1 Å². The molecule has 1 N–H and O–H groups in total. The van der Waals surface area contributed by atoms with Crippen LogP contribution in [0.3, 0.4) is 0 Å². The molecule has 0 bridgehead atoms. The maximum atomic E-state index is 11.2. The van der Waals surface area contributed by atoms with Gasteiger partial charge in [-0.2, -0.15) is 5.26 Å².